The Morgan fingerprint density at radius 3 is 2.26 bits per heavy atom. The minimum atomic E-state index is -1.65. The molecule has 0 bridgehead atoms. The third-order valence-electron chi connectivity index (χ3n) is 4.78. The second kappa shape index (κ2) is 7.82. The second-order valence-corrected chi connectivity index (χ2v) is 13.2. The summed E-state index contributed by atoms with van der Waals surface area (Å²) in [6.07, 6.45) is 1.77. The molecule has 0 fully saturated rings. The largest absolute Gasteiger partial charge is 0.269 e. The number of nitrogens with zero attached hydrogens (tertiary/aromatic N) is 4. The van der Waals surface area contributed by atoms with Crippen molar-refractivity contribution in [1.29, 1.82) is 0 Å². The smallest absolute Gasteiger partial charge is 0.258 e. The summed E-state index contributed by atoms with van der Waals surface area (Å²) in [7, 11) is -1.65. The van der Waals surface area contributed by atoms with Crippen LogP contribution in [0.1, 0.15) is 11.3 Å². The number of hydrogen-bond acceptors (Lipinski definition) is 4. The molecule has 0 saturated heterocycles. The number of aryl methyl sites for hydroxylation is 1. The molecule has 0 aliphatic heterocycles. The first-order valence-electron chi connectivity index (χ1n) is 9.95. The molecule has 0 amide bonds. The summed E-state index contributed by atoms with van der Waals surface area (Å²) in [5.41, 5.74) is 9.55. The monoisotopic (exact) mass is 426 g/mol. The summed E-state index contributed by atoms with van der Waals surface area (Å²) >= 11 is 0. The zero-order chi connectivity index (χ0) is 22.2. The number of rotatable bonds is 3. The number of nitro groups is 1. The van der Waals surface area contributed by atoms with Crippen molar-refractivity contribution in [3.8, 4) is 33.8 Å². The zero-order valence-electron chi connectivity index (χ0n) is 17.9. The minimum absolute atomic E-state index is 0.0493. The molecule has 4 rings (SSSR count). The van der Waals surface area contributed by atoms with E-state index in [1.165, 1.54) is 17.7 Å². The number of nitro benzene ring substituents is 1. The number of non-ortho nitro benzene ring substituents is 1. The highest BCUT2D eigenvalue weighted by Crippen LogP contribution is 2.27. The van der Waals surface area contributed by atoms with E-state index in [1.807, 2.05) is 18.2 Å². The molecular formula is C24H22N4O2Si. The lowest BCUT2D eigenvalue weighted by atomic mass is 10.1. The van der Waals surface area contributed by atoms with Crippen molar-refractivity contribution in [3.63, 3.8) is 0 Å². The van der Waals surface area contributed by atoms with E-state index in [0.29, 0.717) is 5.65 Å². The molecule has 154 valence electrons. The van der Waals surface area contributed by atoms with E-state index in [2.05, 4.69) is 55.1 Å². The molecule has 4 aromatic rings. The van der Waals surface area contributed by atoms with Crippen molar-refractivity contribution in [2.75, 3.05) is 0 Å². The van der Waals surface area contributed by atoms with Crippen LogP contribution in [0.4, 0.5) is 5.69 Å². The van der Waals surface area contributed by atoms with Crippen LogP contribution in [0.25, 0.3) is 28.0 Å². The lowest BCUT2D eigenvalue weighted by Gasteiger charge is -2.08. The van der Waals surface area contributed by atoms with E-state index in [9.17, 15) is 10.1 Å². The molecule has 0 spiro atoms. The van der Waals surface area contributed by atoms with Gasteiger partial charge in [0.05, 0.1) is 10.6 Å². The van der Waals surface area contributed by atoms with Gasteiger partial charge in [0.2, 0.25) is 0 Å². The lowest BCUT2D eigenvalue weighted by molar-refractivity contribution is -0.384. The molecule has 0 aliphatic carbocycles. The number of fused-ring (bicyclic) bond motifs is 1. The van der Waals surface area contributed by atoms with E-state index >= 15 is 0 Å². The van der Waals surface area contributed by atoms with Gasteiger partial charge in [-0.1, -0.05) is 55.4 Å². The van der Waals surface area contributed by atoms with E-state index in [1.54, 1.807) is 22.8 Å². The molecule has 7 heteroatoms. The van der Waals surface area contributed by atoms with Gasteiger partial charge in [-0.05, 0) is 24.6 Å². The Bertz CT molecular complexity index is 1340. The maximum Gasteiger partial charge on any atom is 0.269 e. The quantitative estimate of drug-likeness (QED) is 0.187. The molecule has 2 aromatic heterocycles. The Hall–Kier alpha value is -3.76. The first kappa shape index (κ1) is 20.5. The van der Waals surface area contributed by atoms with Gasteiger partial charge >= 0.3 is 0 Å². The summed E-state index contributed by atoms with van der Waals surface area (Å²) in [6.45, 7) is 8.61. The number of aromatic nitrogens is 3. The van der Waals surface area contributed by atoms with Crippen molar-refractivity contribution >= 4 is 19.4 Å². The van der Waals surface area contributed by atoms with Crippen molar-refractivity contribution in [2.45, 2.75) is 26.6 Å². The molecule has 2 heterocycles. The summed E-state index contributed by atoms with van der Waals surface area (Å²) in [4.78, 5) is 15.2. The SMILES string of the molecule is Cc1ccc(-c2cc3ncc(-c4ccc([N+](=O)[O-])cc4)c(C#C[Si](C)(C)C)n3n2)cc1. The van der Waals surface area contributed by atoms with Gasteiger partial charge in [0.15, 0.2) is 5.65 Å². The van der Waals surface area contributed by atoms with Crippen LogP contribution < -0.4 is 0 Å². The van der Waals surface area contributed by atoms with E-state index in [0.717, 1.165) is 28.1 Å². The van der Waals surface area contributed by atoms with Gasteiger partial charge in [-0.15, -0.1) is 5.54 Å². The Morgan fingerprint density at radius 2 is 1.65 bits per heavy atom. The zero-order valence-corrected chi connectivity index (χ0v) is 18.9. The molecule has 6 nitrogen and oxygen atoms in total. The highest BCUT2D eigenvalue weighted by molar-refractivity contribution is 6.83. The van der Waals surface area contributed by atoms with Crippen LogP contribution in [0.2, 0.25) is 19.6 Å². The number of hydrogen-bond donors (Lipinski definition) is 0. The van der Waals surface area contributed by atoms with E-state index in [-0.39, 0.29) is 5.69 Å². The topological polar surface area (TPSA) is 73.3 Å². The fourth-order valence-electron chi connectivity index (χ4n) is 3.14. The maximum absolute atomic E-state index is 11.0. The third kappa shape index (κ3) is 4.39. The van der Waals surface area contributed by atoms with Crippen molar-refractivity contribution < 1.29 is 4.92 Å². The molecule has 2 aromatic carbocycles. The molecule has 31 heavy (non-hydrogen) atoms. The predicted octanol–water partition coefficient (Wildman–Crippen LogP) is 5.51. The summed E-state index contributed by atoms with van der Waals surface area (Å²) in [5.74, 6) is 3.34. The van der Waals surface area contributed by atoms with E-state index in [4.69, 9.17) is 5.10 Å². The summed E-state index contributed by atoms with van der Waals surface area (Å²) < 4.78 is 1.78. The van der Waals surface area contributed by atoms with Crippen LogP contribution in [-0.4, -0.2) is 27.6 Å². The minimum Gasteiger partial charge on any atom is -0.258 e. The highest BCUT2D eigenvalue weighted by atomic mass is 28.3. The summed E-state index contributed by atoms with van der Waals surface area (Å²) in [6, 6.07) is 16.6. The first-order chi connectivity index (χ1) is 14.7. The third-order valence-corrected chi connectivity index (χ3v) is 5.65. The molecule has 0 N–H and O–H groups in total. The predicted molar refractivity (Wildman–Crippen MR) is 125 cm³/mol. The normalized spacial score (nSPS) is 11.2. The van der Waals surface area contributed by atoms with Gasteiger partial charge in [0.1, 0.15) is 13.8 Å². The molecule has 0 aliphatic rings. The van der Waals surface area contributed by atoms with Crippen LogP contribution in [-0.2, 0) is 0 Å². The molecule has 0 radical (unpaired) electrons. The fraction of sp³-hybridized carbons (Fsp3) is 0.167. The van der Waals surface area contributed by atoms with Gasteiger partial charge in [0, 0.05) is 35.5 Å². The average Bonchev–Trinajstić information content (AvgIpc) is 3.16. The molecule has 0 saturated carbocycles. The molecule has 0 atom stereocenters. The maximum atomic E-state index is 11.0. The Labute approximate surface area is 181 Å². The standard InChI is InChI=1S/C24H22N4O2Si/c1-17-5-7-19(8-6-17)22-15-24-25-16-21(18-9-11-20(12-10-18)28(29)30)23(27(24)26-22)13-14-31(2,3)4/h5-12,15-16H,1-4H3. The van der Waals surface area contributed by atoms with Gasteiger partial charge in [-0.25, -0.2) is 9.50 Å². The Balaban J connectivity index is 1.91. The van der Waals surface area contributed by atoms with Gasteiger partial charge < -0.3 is 0 Å². The first-order valence-corrected chi connectivity index (χ1v) is 13.5. The Kier molecular flexibility index (Phi) is 5.17. The second-order valence-electron chi connectivity index (χ2n) is 8.49. The van der Waals surface area contributed by atoms with Crippen LogP contribution in [0.15, 0.2) is 60.8 Å². The fourth-order valence-corrected chi connectivity index (χ4v) is 3.63. The van der Waals surface area contributed by atoms with Gasteiger partial charge in [-0.2, -0.15) is 5.10 Å². The Morgan fingerprint density at radius 1 is 1.00 bits per heavy atom. The van der Waals surface area contributed by atoms with Crippen LogP contribution in [0.5, 0.6) is 0 Å². The van der Waals surface area contributed by atoms with Crippen LogP contribution in [0.3, 0.4) is 0 Å². The van der Waals surface area contributed by atoms with Crippen molar-refractivity contribution in [3.05, 3.63) is 82.2 Å². The summed E-state index contributed by atoms with van der Waals surface area (Å²) in [5, 5.41) is 15.8. The van der Waals surface area contributed by atoms with Gasteiger partial charge in [0.25, 0.3) is 5.69 Å². The molecule has 0 unspecified atom stereocenters. The highest BCUT2D eigenvalue weighted by Gasteiger charge is 2.15. The average molecular weight is 427 g/mol. The molecular weight excluding hydrogens is 404 g/mol. The van der Waals surface area contributed by atoms with Crippen molar-refractivity contribution in [1.82, 2.24) is 14.6 Å². The van der Waals surface area contributed by atoms with E-state index < -0.39 is 13.0 Å². The van der Waals surface area contributed by atoms with Crippen LogP contribution >= 0.6 is 0 Å². The number of benzene rings is 2. The lowest BCUT2D eigenvalue weighted by Crippen LogP contribution is -2.16. The van der Waals surface area contributed by atoms with Crippen LogP contribution in [0, 0.1) is 28.5 Å². The van der Waals surface area contributed by atoms with Crippen molar-refractivity contribution in [2.24, 2.45) is 0 Å². The van der Waals surface area contributed by atoms with Gasteiger partial charge in [-0.3, -0.25) is 10.1 Å².